The van der Waals surface area contributed by atoms with Crippen LogP contribution in [-0.2, 0) is 11.3 Å². The SMILES string of the molecule is C[C@H]1CC(F)(F)CC[C@@H]1C(=O)N1Cc2cccnc2Nc2ccc(-c3ccc(C(N)=O)nc3)cc21. The van der Waals surface area contributed by atoms with Crippen LogP contribution in [0.15, 0.2) is 54.9 Å². The Hall–Kier alpha value is -3.88. The van der Waals surface area contributed by atoms with Crippen LogP contribution in [0.2, 0.25) is 0 Å². The third kappa shape index (κ3) is 4.45. The third-order valence-electron chi connectivity index (χ3n) is 6.82. The number of nitrogens with two attached hydrogens (primary N) is 1. The zero-order valence-corrected chi connectivity index (χ0v) is 19.2. The maximum atomic E-state index is 14.0. The zero-order valence-electron chi connectivity index (χ0n) is 19.2. The molecular formula is C26H25F2N5O2. The number of carbonyl (C=O) groups is 2. The standard InChI is InChI=1S/C26H25F2N5O2/c1-15-12-26(27,28)9-8-19(15)25(35)33-14-18-3-2-10-30-24(18)32-20-6-4-16(11-22(20)33)17-5-7-21(23(29)34)31-13-17/h2-7,10-11,13,15,19H,8-9,12,14H2,1H3,(H2,29,34)(H,30,32)/t15-,19-/m0/s1. The summed E-state index contributed by atoms with van der Waals surface area (Å²) in [4.78, 5) is 35.4. The molecule has 0 spiro atoms. The number of alkyl halides is 2. The molecule has 2 amide bonds. The number of benzene rings is 1. The van der Waals surface area contributed by atoms with E-state index in [4.69, 9.17) is 5.73 Å². The van der Waals surface area contributed by atoms with Gasteiger partial charge in [-0.15, -0.1) is 0 Å². The molecule has 1 aliphatic carbocycles. The fourth-order valence-electron chi connectivity index (χ4n) is 4.94. The molecule has 1 saturated carbocycles. The first-order valence-electron chi connectivity index (χ1n) is 11.5. The molecule has 7 nitrogen and oxygen atoms in total. The molecule has 2 aromatic heterocycles. The molecule has 3 aromatic rings. The van der Waals surface area contributed by atoms with E-state index in [9.17, 15) is 18.4 Å². The maximum absolute atomic E-state index is 14.0. The van der Waals surface area contributed by atoms with Crippen molar-refractivity contribution in [1.29, 1.82) is 0 Å². The average molecular weight is 478 g/mol. The van der Waals surface area contributed by atoms with E-state index >= 15 is 0 Å². The number of hydrogen-bond acceptors (Lipinski definition) is 5. The van der Waals surface area contributed by atoms with Crippen molar-refractivity contribution < 1.29 is 18.4 Å². The van der Waals surface area contributed by atoms with Crippen molar-refractivity contribution in [2.45, 2.75) is 38.7 Å². The average Bonchev–Trinajstić information content (AvgIpc) is 2.99. The van der Waals surface area contributed by atoms with Crippen LogP contribution in [-0.4, -0.2) is 27.7 Å². The lowest BCUT2D eigenvalue weighted by atomic mass is 9.77. The molecule has 35 heavy (non-hydrogen) atoms. The van der Waals surface area contributed by atoms with E-state index in [-0.39, 0.29) is 37.4 Å². The van der Waals surface area contributed by atoms with Gasteiger partial charge in [0, 0.05) is 42.3 Å². The van der Waals surface area contributed by atoms with Gasteiger partial charge in [0.15, 0.2) is 0 Å². The Morgan fingerprint density at radius 1 is 1.14 bits per heavy atom. The van der Waals surface area contributed by atoms with Crippen molar-refractivity contribution in [3.8, 4) is 11.1 Å². The van der Waals surface area contributed by atoms with Crippen LogP contribution in [0.1, 0.15) is 42.2 Å². The minimum Gasteiger partial charge on any atom is -0.364 e. The van der Waals surface area contributed by atoms with Crippen LogP contribution in [0.3, 0.4) is 0 Å². The highest BCUT2D eigenvalue weighted by molar-refractivity contribution is 6.00. The summed E-state index contributed by atoms with van der Waals surface area (Å²) in [6, 6.07) is 12.6. The van der Waals surface area contributed by atoms with Crippen LogP contribution in [0.25, 0.3) is 11.1 Å². The normalized spacial score (nSPS) is 20.7. The fourth-order valence-corrected chi connectivity index (χ4v) is 4.94. The summed E-state index contributed by atoms with van der Waals surface area (Å²) >= 11 is 0. The predicted molar refractivity (Wildman–Crippen MR) is 128 cm³/mol. The number of anilines is 3. The van der Waals surface area contributed by atoms with Crippen molar-refractivity contribution >= 4 is 29.0 Å². The molecule has 1 aliphatic heterocycles. The van der Waals surface area contributed by atoms with Gasteiger partial charge in [-0.2, -0.15) is 0 Å². The third-order valence-corrected chi connectivity index (χ3v) is 6.82. The van der Waals surface area contributed by atoms with Crippen molar-refractivity contribution in [3.63, 3.8) is 0 Å². The Labute approximate surface area is 201 Å². The van der Waals surface area contributed by atoms with Gasteiger partial charge in [-0.1, -0.05) is 25.1 Å². The summed E-state index contributed by atoms with van der Waals surface area (Å²) in [6.45, 7) is 1.99. The van der Waals surface area contributed by atoms with Crippen molar-refractivity contribution in [3.05, 3.63) is 66.1 Å². The molecule has 180 valence electrons. The van der Waals surface area contributed by atoms with Crippen LogP contribution >= 0.6 is 0 Å². The number of fused-ring (bicyclic) bond motifs is 2. The molecule has 0 radical (unpaired) electrons. The van der Waals surface area contributed by atoms with Gasteiger partial charge < -0.3 is 16.0 Å². The van der Waals surface area contributed by atoms with Crippen LogP contribution in [0.4, 0.5) is 26.0 Å². The van der Waals surface area contributed by atoms with E-state index in [2.05, 4.69) is 15.3 Å². The second-order valence-electron chi connectivity index (χ2n) is 9.27. The Morgan fingerprint density at radius 3 is 2.66 bits per heavy atom. The molecule has 3 heterocycles. The smallest absolute Gasteiger partial charge is 0.267 e. The van der Waals surface area contributed by atoms with E-state index in [1.165, 1.54) is 0 Å². The summed E-state index contributed by atoms with van der Waals surface area (Å²) in [5.41, 5.74) is 9.14. The van der Waals surface area contributed by atoms with Crippen LogP contribution in [0.5, 0.6) is 0 Å². The molecule has 1 fully saturated rings. The first kappa shape index (κ1) is 22.9. The Morgan fingerprint density at radius 2 is 1.94 bits per heavy atom. The number of primary amides is 1. The summed E-state index contributed by atoms with van der Waals surface area (Å²) in [6.07, 6.45) is 2.79. The number of halogens is 2. The first-order chi connectivity index (χ1) is 16.7. The number of rotatable bonds is 3. The number of aromatic nitrogens is 2. The number of nitrogens with zero attached hydrogens (tertiary/aromatic N) is 3. The van der Waals surface area contributed by atoms with E-state index in [0.717, 1.165) is 16.7 Å². The number of nitrogens with one attached hydrogen (secondary N) is 1. The van der Waals surface area contributed by atoms with Gasteiger partial charge in [-0.25, -0.2) is 13.8 Å². The molecule has 0 bridgehead atoms. The lowest BCUT2D eigenvalue weighted by Crippen LogP contribution is -2.42. The van der Waals surface area contributed by atoms with Crippen LogP contribution < -0.4 is 16.0 Å². The van der Waals surface area contributed by atoms with Gasteiger partial charge in [0.2, 0.25) is 11.8 Å². The number of carbonyl (C=O) groups excluding carboxylic acids is 2. The number of pyridine rings is 2. The molecule has 2 aliphatic rings. The Kier molecular flexibility index (Phi) is 5.70. The minimum atomic E-state index is -2.73. The molecule has 9 heteroatoms. The lowest BCUT2D eigenvalue weighted by molar-refractivity contribution is -0.130. The van der Waals surface area contributed by atoms with E-state index in [0.29, 0.717) is 17.2 Å². The van der Waals surface area contributed by atoms with Gasteiger partial charge in [0.1, 0.15) is 11.5 Å². The minimum absolute atomic E-state index is 0.143. The lowest BCUT2D eigenvalue weighted by Gasteiger charge is -2.36. The summed E-state index contributed by atoms with van der Waals surface area (Å²) < 4.78 is 28.0. The highest BCUT2D eigenvalue weighted by atomic mass is 19.3. The molecule has 3 N–H and O–H groups in total. The monoisotopic (exact) mass is 477 g/mol. The number of amides is 2. The van der Waals surface area contributed by atoms with Gasteiger partial charge in [0.25, 0.3) is 5.91 Å². The molecule has 1 aromatic carbocycles. The van der Waals surface area contributed by atoms with Gasteiger partial charge in [0.05, 0.1) is 17.9 Å². The molecule has 0 saturated heterocycles. The fraction of sp³-hybridized carbons (Fsp3) is 0.308. The summed E-state index contributed by atoms with van der Waals surface area (Å²) in [5.74, 6) is -3.81. The Bertz CT molecular complexity index is 1300. The largest absolute Gasteiger partial charge is 0.364 e. The quantitative estimate of drug-likeness (QED) is 0.559. The van der Waals surface area contributed by atoms with Crippen molar-refractivity contribution in [1.82, 2.24) is 9.97 Å². The number of hydrogen-bond donors (Lipinski definition) is 2. The second kappa shape index (κ2) is 8.72. The van der Waals surface area contributed by atoms with E-state index in [1.807, 2.05) is 24.3 Å². The predicted octanol–water partition coefficient (Wildman–Crippen LogP) is 4.90. The van der Waals surface area contributed by atoms with Gasteiger partial charge in [-0.05, 0) is 42.2 Å². The van der Waals surface area contributed by atoms with Crippen molar-refractivity contribution in [2.24, 2.45) is 17.6 Å². The van der Waals surface area contributed by atoms with E-state index < -0.39 is 23.7 Å². The summed E-state index contributed by atoms with van der Waals surface area (Å²) in [7, 11) is 0. The Balaban J connectivity index is 1.55. The molecular weight excluding hydrogens is 452 g/mol. The van der Waals surface area contributed by atoms with Crippen LogP contribution in [0, 0.1) is 11.8 Å². The molecule has 5 rings (SSSR count). The maximum Gasteiger partial charge on any atom is 0.267 e. The first-order valence-corrected chi connectivity index (χ1v) is 11.5. The second-order valence-corrected chi connectivity index (χ2v) is 9.27. The summed E-state index contributed by atoms with van der Waals surface area (Å²) in [5, 5.41) is 3.32. The highest BCUT2D eigenvalue weighted by Crippen LogP contribution is 2.43. The van der Waals surface area contributed by atoms with Gasteiger partial charge in [-0.3, -0.25) is 14.6 Å². The highest BCUT2D eigenvalue weighted by Gasteiger charge is 2.44. The zero-order chi connectivity index (χ0) is 24.7. The van der Waals surface area contributed by atoms with E-state index in [1.54, 1.807) is 42.4 Å². The van der Waals surface area contributed by atoms with Gasteiger partial charge >= 0.3 is 0 Å². The van der Waals surface area contributed by atoms with Crippen molar-refractivity contribution in [2.75, 3.05) is 10.2 Å². The molecule has 0 unspecified atom stereocenters. The topological polar surface area (TPSA) is 101 Å². The molecule has 2 atom stereocenters.